The number of hydrogen-bond acceptors (Lipinski definition) is 5. The number of hydrogen-bond donors (Lipinski definition) is 2. The molecule has 3 aromatic rings. The van der Waals surface area contributed by atoms with Gasteiger partial charge < -0.3 is 10.6 Å². The van der Waals surface area contributed by atoms with Crippen molar-refractivity contribution in [1.82, 2.24) is 25.1 Å². The molecule has 2 N–H and O–H groups in total. The summed E-state index contributed by atoms with van der Waals surface area (Å²) in [6.45, 7) is 9.99. The number of nitrogens with one attached hydrogen (secondary N) is 2. The molecular weight excluding hydrogens is 404 g/mol. The predicted molar refractivity (Wildman–Crippen MR) is 124 cm³/mol. The lowest BCUT2D eigenvalue weighted by Gasteiger charge is -2.09. The summed E-state index contributed by atoms with van der Waals surface area (Å²) in [7, 11) is 0. The van der Waals surface area contributed by atoms with Crippen molar-refractivity contribution in [3.05, 3.63) is 64.2 Å². The van der Waals surface area contributed by atoms with Gasteiger partial charge in [0.2, 0.25) is 11.8 Å². The minimum atomic E-state index is -0.0995. The van der Waals surface area contributed by atoms with Gasteiger partial charge in [-0.3, -0.25) is 9.59 Å². The molecule has 0 fully saturated rings. The van der Waals surface area contributed by atoms with Gasteiger partial charge in [-0.05, 0) is 57.9 Å². The Morgan fingerprint density at radius 1 is 1.00 bits per heavy atom. The van der Waals surface area contributed by atoms with Gasteiger partial charge in [0, 0.05) is 41.3 Å². The number of carbonyl (C=O) groups excluding carboxylic acids is 2. The maximum atomic E-state index is 12.6. The molecular formula is C24H30N6O2. The van der Waals surface area contributed by atoms with Crippen LogP contribution in [0.4, 0.5) is 5.69 Å². The van der Waals surface area contributed by atoms with Gasteiger partial charge in [0.1, 0.15) is 0 Å². The lowest BCUT2D eigenvalue weighted by Crippen LogP contribution is -2.25. The molecule has 0 bridgehead atoms. The molecule has 0 spiro atoms. The molecule has 8 nitrogen and oxygen atoms in total. The topological polar surface area (TPSA) is 102 Å². The number of nitrogens with zero attached hydrogens (tertiary/aromatic N) is 4. The van der Waals surface area contributed by atoms with E-state index in [0.29, 0.717) is 18.9 Å². The maximum absolute atomic E-state index is 12.6. The second kappa shape index (κ2) is 10.2. The highest BCUT2D eigenvalue weighted by molar-refractivity contribution is 5.90. The van der Waals surface area contributed by atoms with Gasteiger partial charge in [-0.1, -0.05) is 19.1 Å². The van der Waals surface area contributed by atoms with Gasteiger partial charge in [0.15, 0.2) is 0 Å². The summed E-state index contributed by atoms with van der Waals surface area (Å²) in [5, 5.41) is 10.4. The molecule has 0 saturated carbocycles. The van der Waals surface area contributed by atoms with Gasteiger partial charge in [0.05, 0.1) is 12.1 Å². The summed E-state index contributed by atoms with van der Waals surface area (Å²) >= 11 is 0. The zero-order valence-corrected chi connectivity index (χ0v) is 19.3. The second-order valence-electron chi connectivity index (χ2n) is 7.96. The summed E-state index contributed by atoms with van der Waals surface area (Å²) < 4.78 is 1.69. The first-order valence-corrected chi connectivity index (χ1v) is 10.8. The van der Waals surface area contributed by atoms with Gasteiger partial charge in [-0.15, -0.1) is 0 Å². The van der Waals surface area contributed by atoms with Crippen molar-refractivity contribution in [2.75, 3.05) is 5.32 Å². The van der Waals surface area contributed by atoms with Crippen molar-refractivity contribution in [1.29, 1.82) is 0 Å². The Hall–Kier alpha value is -3.55. The molecule has 1 aromatic carbocycles. The first-order valence-electron chi connectivity index (χ1n) is 10.8. The van der Waals surface area contributed by atoms with Crippen LogP contribution in [-0.4, -0.2) is 31.6 Å². The lowest BCUT2D eigenvalue weighted by atomic mass is 10.1. The fourth-order valence-corrected chi connectivity index (χ4v) is 3.56. The van der Waals surface area contributed by atoms with Crippen LogP contribution in [0.5, 0.6) is 0 Å². The molecule has 0 aliphatic rings. The van der Waals surface area contributed by atoms with E-state index in [2.05, 4.69) is 25.7 Å². The Morgan fingerprint density at radius 2 is 1.72 bits per heavy atom. The quantitative estimate of drug-likeness (QED) is 0.565. The Morgan fingerprint density at radius 3 is 2.41 bits per heavy atom. The number of carbonyl (C=O) groups is 2. The summed E-state index contributed by atoms with van der Waals surface area (Å²) in [6.07, 6.45) is 1.50. The third-order valence-electron chi connectivity index (χ3n) is 5.12. The molecule has 2 aromatic heterocycles. The average molecular weight is 435 g/mol. The van der Waals surface area contributed by atoms with Crippen LogP contribution in [0.2, 0.25) is 0 Å². The van der Waals surface area contributed by atoms with E-state index < -0.39 is 0 Å². The van der Waals surface area contributed by atoms with Crippen LogP contribution in [0.3, 0.4) is 0 Å². The van der Waals surface area contributed by atoms with Crippen molar-refractivity contribution >= 4 is 17.5 Å². The van der Waals surface area contributed by atoms with E-state index in [1.807, 2.05) is 65.0 Å². The maximum Gasteiger partial charge on any atom is 0.251 e. The molecule has 0 radical (unpaired) electrons. The van der Waals surface area contributed by atoms with E-state index in [1.54, 1.807) is 4.68 Å². The van der Waals surface area contributed by atoms with E-state index in [9.17, 15) is 9.59 Å². The van der Waals surface area contributed by atoms with Gasteiger partial charge in [-0.2, -0.15) is 5.10 Å². The largest absolute Gasteiger partial charge is 0.352 e. The Bertz CT molecular complexity index is 1120. The van der Waals surface area contributed by atoms with Crippen LogP contribution < -0.4 is 10.6 Å². The number of amides is 2. The molecule has 0 aliphatic heterocycles. The van der Waals surface area contributed by atoms with Gasteiger partial charge in [-0.25, -0.2) is 14.6 Å². The number of rotatable bonds is 8. The standard InChI is InChI=1S/C24H30N6O2/c1-6-8-22(31)28-20-10-7-9-19(12-20)14-25-23(32)13-21-17(4)29-30(18(21)5)24-26-15(2)11-16(3)27-24/h7,9-12H,6,8,13-14H2,1-5H3,(H,25,32)(H,28,31). The van der Waals surface area contributed by atoms with E-state index in [-0.39, 0.29) is 18.2 Å². The third-order valence-corrected chi connectivity index (χ3v) is 5.12. The van der Waals surface area contributed by atoms with Crippen LogP contribution >= 0.6 is 0 Å². The lowest BCUT2D eigenvalue weighted by molar-refractivity contribution is -0.120. The minimum absolute atomic E-state index is 0.00979. The van der Waals surface area contributed by atoms with Gasteiger partial charge >= 0.3 is 0 Å². The fraction of sp³-hybridized carbons (Fsp3) is 0.375. The van der Waals surface area contributed by atoms with Crippen LogP contribution in [0, 0.1) is 27.7 Å². The number of aromatic nitrogens is 4. The Kier molecular flexibility index (Phi) is 7.35. The van der Waals surface area contributed by atoms with Crippen LogP contribution in [0.1, 0.15) is 53.7 Å². The molecule has 0 unspecified atom stereocenters. The summed E-state index contributed by atoms with van der Waals surface area (Å²) in [5.41, 5.74) is 5.88. The number of anilines is 1. The zero-order chi connectivity index (χ0) is 23.3. The van der Waals surface area contributed by atoms with Crippen molar-refractivity contribution in [3.63, 3.8) is 0 Å². The molecule has 8 heteroatoms. The monoisotopic (exact) mass is 434 g/mol. The first kappa shape index (κ1) is 23.1. The Labute approximate surface area is 188 Å². The van der Waals surface area contributed by atoms with Crippen molar-refractivity contribution in [2.45, 2.75) is 60.4 Å². The number of aryl methyl sites for hydroxylation is 3. The molecule has 0 atom stereocenters. The van der Waals surface area contributed by atoms with Gasteiger partial charge in [0.25, 0.3) is 5.95 Å². The average Bonchev–Trinajstić information content (AvgIpc) is 3.00. The van der Waals surface area contributed by atoms with Crippen LogP contribution in [0.25, 0.3) is 5.95 Å². The number of benzene rings is 1. The van der Waals surface area contributed by atoms with E-state index >= 15 is 0 Å². The normalized spacial score (nSPS) is 10.8. The van der Waals surface area contributed by atoms with Crippen LogP contribution in [-0.2, 0) is 22.6 Å². The summed E-state index contributed by atoms with van der Waals surface area (Å²) in [4.78, 5) is 33.4. The van der Waals surface area contributed by atoms with Crippen molar-refractivity contribution in [3.8, 4) is 5.95 Å². The summed E-state index contributed by atoms with van der Waals surface area (Å²) in [5.74, 6) is 0.402. The second-order valence-corrected chi connectivity index (χ2v) is 7.96. The smallest absolute Gasteiger partial charge is 0.251 e. The fourth-order valence-electron chi connectivity index (χ4n) is 3.56. The van der Waals surface area contributed by atoms with E-state index in [1.165, 1.54) is 0 Å². The summed E-state index contributed by atoms with van der Waals surface area (Å²) in [6, 6.07) is 9.41. The van der Waals surface area contributed by atoms with E-state index in [4.69, 9.17) is 0 Å². The SMILES string of the molecule is CCCC(=O)Nc1cccc(CNC(=O)Cc2c(C)nn(-c3nc(C)cc(C)n3)c2C)c1. The highest BCUT2D eigenvalue weighted by Gasteiger charge is 2.17. The van der Waals surface area contributed by atoms with Crippen molar-refractivity contribution in [2.24, 2.45) is 0 Å². The minimum Gasteiger partial charge on any atom is -0.352 e. The molecule has 2 amide bonds. The molecule has 2 heterocycles. The van der Waals surface area contributed by atoms with Crippen molar-refractivity contribution < 1.29 is 9.59 Å². The molecule has 168 valence electrons. The third kappa shape index (κ3) is 5.78. The first-order chi connectivity index (χ1) is 15.3. The zero-order valence-electron chi connectivity index (χ0n) is 19.3. The van der Waals surface area contributed by atoms with E-state index in [0.717, 1.165) is 46.0 Å². The molecule has 3 rings (SSSR count). The molecule has 32 heavy (non-hydrogen) atoms. The molecule has 0 saturated heterocycles. The van der Waals surface area contributed by atoms with Crippen LogP contribution in [0.15, 0.2) is 30.3 Å². The highest BCUT2D eigenvalue weighted by atomic mass is 16.2. The predicted octanol–water partition coefficient (Wildman–Crippen LogP) is 3.49. The molecule has 0 aliphatic carbocycles. The highest BCUT2D eigenvalue weighted by Crippen LogP contribution is 2.17. The Balaban J connectivity index is 1.66.